The van der Waals surface area contributed by atoms with E-state index in [9.17, 15) is 4.79 Å². The quantitative estimate of drug-likeness (QED) is 0.742. The highest BCUT2D eigenvalue weighted by molar-refractivity contribution is 6.32. The number of carbonyl (C=O) groups is 1. The zero-order chi connectivity index (χ0) is 11.4. The Morgan fingerprint density at radius 3 is 2.50 bits per heavy atom. The summed E-state index contributed by atoms with van der Waals surface area (Å²) >= 11 is 0. The lowest BCUT2D eigenvalue weighted by Crippen LogP contribution is -2.28. The fourth-order valence-electron chi connectivity index (χ4n) is 1.77. The highest BCUT2D eigenvalue weighted by Gasteiger charge is 2.21. The molecule has 1 aromatic rings. The standard InChI is InChI=1S/C12H14BNO2/c13-10-1-3-11(4-2-10)14-12(15)9-5-7-16-8-6-9/h1-4,9H,5-8H2,(H,14,15). The molecule has 2 radical (unpaired) electrons. The summed E-state index contributed by atoms with van der Waals surface area (Å²) in [7, 11) is 5.57. The van der Waals surface area contributed by atoms with Crippen LogP contribution in [-0.2, 0) is 9.53 Å². The van der Waals surface area contributed by atoms with Crippen LogP contribution in [0.15, 0.2) is 24.3 Å². The number of anilines is 1. The van der Waals surface area contributed by atoms with Gasteiger partial charge in [-0.3, -0.25) is 4.79 Å². The molecule has 0 saturated carbocycles. The summed E-state index contributed by atoms with van der Waals surface area (Å²) in [5.41, 5.74) is 1.50. The minimum absolute atomic E-state index is 0.0753. The lowest BCUT2D eigenvalue weighted by atomic mass is 9.96. The number of carbonyl (C=O) groups excluding carboxylic acids is 1. The van der Waals surface area contributed by atoms with Crippen LogP contribution in [0.3, 0.4) is 0 Å². The van der Waals surface area contributed by atoms with E-state index in [-0.39, 0.29) is 11.8 Å². The number of ether oxygens (including phenoxy) is 1. The lowest BCUT2D eigenvalue weighted by Gasteiger charge is -2.21. The zero-order valence-electron chi connectivity index (χ0n) is 9.11. The molecule has 0 bridgehead atoms. The van der Waals surface area contributed by atoms with Crippen LogP contribution >= 0.6 is 0 Å². The second kappa shape index (κ2) is 5.17. The van der Waals surface area contributed by atoms with E-state index >= 15 is 0 Å². The number of nitrogens with one attached hydrogen (secondary N) is 1. The fraction of sp³-hybridized carbons (Fsp3) is 0.417. The third kappa shape index (κ3) is 2.86. The van der Waals surface area contributed by atoms with E-state index in [1.807, 2.05) is 12.1 Å². The van der Waals surface area contributed by atoms with Gasteiger partial charge in [0.05, 0.1) is 0 Å². The Hall–Kier alpha value is -1.29. The first-order valence-electron chi connectivity index (χ1n) is 5.50. The van der Waals surface area contributed by atoms with Crippen molar-refractivity contribution in [1.29, 1.82) is 0 Å². The molecule has 16 heavy (non-hydrogen) atoms. The van der Waals surface area contributed by atoms with E-state index in [0.29, 0.717) is 18.7 Å². The number of amides is 1. The van der Waals surface area contributed by atoms with Gasteiger partial charge in [0.15, 0.2) is 0 Å². The number of rotatable bonds is 2. The molecule has 2 rings (SSSR count). The third-order valence-electron chi connectivity index (χ3n) is 2.77. The first kappa shape index (κ1) is 11.2. The Labute approximate surface area is 96.6 Å². The molecule has 1 aromatic carbocycles. The van der Waals surface area contributed by atoms with Crippen LogP contribution in [0.1, 0.15) is 12.8 Å². The highest BCUT2D eigenvalue weighted by atomic mass is 16.5. The van der Waals surface area contributed by atoms with Crippen LogP contribution in [0.25, 0.3) is 0 Å². The molecule has 1 heterocycles. The molecular formula is C12H14BNO2. The molecule has 0 spiro atoms. The van der Waals surface area contributed by atoms with Crippen molar-refractivity contribution in [2.75, 3.05) is 18.5 Å². The number of benzene rings is 1. The molecule has 4 heteroatoms. The SMILES string of the molecule is [B]c1ccc(NC(=O)C2CCOCC2)cc1. The van der Waals surface area contributed by atoms with Crippen LogP contribution < -0.4 is 10.8 Å². The van der Waals surface area contributed by atoms with Gasteiger partial charge in [-0.2, -0.15) is 0 Å². The van der Waals surface area contributed by atoms with E-state index in [1.165, 1.54) is 0 Å². The minimum atomic E-state index is 0.0753. The average molecular weight is 215 g/mol. The summed E-state index contributed by atoms with van der Waals surface area (Å²) in [5, 5.41) is 2.89. The predicted molar refractivity (Wildman–Crippen MR) is 64.0 cm³/mol. The van der Waals surface area contributed by atoms with Crippen molar-refractivity contribution < 1.29 is 9.53 Å². The molecule has 0 aliphatic carbocycles. The molecule has 1 amide bonds. The van der Waals surface area contributed by atoms with Gasteiger partial charge in [-0.15, -0.1) is 0 Å². The van der Waals surface area contributed by atoms with Gasteiger partial charge in [-0.1, -0.05) is 17.6 Å². The molecule has 3 nitrogen and oxygen atoms in total. The highest BCUT2D eigenvalue weighted by Crippen LogP contribution is 2.17. The predicted octanol–water partition coefficient (Wildman–Crippen LogP) is 0.845. The molecule has 1 aliphatic heterocycles. The molecule has 0 unspecified atom stereocenters. The Morgan fingerprint density at radius 1 is 1.25 bits per heavy atom. The summed E-state index contributed by atoms with van der Waals surface area (Å²) in [6, 6.07) is 7.18. The van der Waals surface area contributed by atoms with E-state index in [4.69, 9.17) is 12.6 Å². The van der Waals surface area contributed by atoms with Crippen molar-refractivity contribution in [3.05, 3.63) is 24.3 Å². The molecule has 0 atom stereocenters. The molecular weight excluding hydrogens is 201 g/mol. The van der Waals surface area contributed by atoms with Crippen LogP contribution in [-0.4, -0.2) is 27.0 Å². The Morgan fingerprint density at radius 2 is 1.88 bits per heavy atom. The normalized spacial score (nSPS) is 17.0. The number of hydrogen-bond acceptors (Lipinski definition) is 2. The Bertz CT molecular complexity index is 358. The minimum Gasteiger partial charge on any atom is -0.381 e. The zero-order valence-corrected chi connectivity index (χ0v) is 9.11. The van der Waals surface area contributed by atoms with E-state index in [0.717, 1.165) is 18.5 Å². The van der Waals surface area contributed by atoms with Crippen molar-refractivity contribution in [2.24, 2.45) is 5.92 Å². The molecule has 1 N–H and O–H groups in total. The molecule has 0 aromatic heterocycles. The van der Waals surface area contributed by atoms with E-state index in [1.54, 1.807) is 12.1 Å². The summed E-state index contributed by atoms with van der Waals surface area (Å²) in [4.78, 5) is 11.9. The maximum Gasteiger partial charge on any atom is 0.227 e. The first-order chi connectivity index (χ1) is 7.75. The van der Waals surface area contributed by atoms with Gasteiger partial charge in [0, 0.05) is 24.8 Å². The van der Waals surface area contributed by atoms with Crippen molar-refractivity contribution >= 4 is 24.9 Å². The average Bonchev–Trinajstić information content (AvgIpc) is 2.33. The van der Waals surface area contributed by atoms with Gasteiger partial charge in [0.25, 0.3) is 0 Å². The Balaban J connectivity index is 1.93. The van der Waals surface area contributed by atoms with Crippen molar-refractivity contribution in [2.45, 2.75) is 12.8 Å². The van der Waals surface area contributed by atoms with Crippen LogP contribution in [0.4, 0.5) is 5.69 Å². The second-order valence-corrected chi connectivity index (χ2v) is 4.00. The lowest BCUT2D eigenvalue weighted by molar-refractivity contribution is -0.122. The van der Waals surface area contributed by atoms with Crippen LogP contribution in [0.2, 0.25) is 0 Å². The maximum atomic E-state index is 11.9. The third-order valence-corrected chi connectivity index (χ3v) is 2.77. The molecule has 82 valence electrons. The fourth-order valence-corrected chi connectivity index (χ4v) is 1.77. The van der Waals surface area contributed by atoms with Gasteiger partial charge in [-0.05, 0) is 25.0 Å². The van der Waals surface area contributed by atoms with Gasteiger partial charge >= 0.3 is 0 Å². The van der Waals surface area contributed by atoms with E-state index in [2.05, 4.69) is 5.32 Å². The summed E-state index contributed by atoms with van der Waals surface area (Å²) in [5.74, 6) is 0.152. The van der Waals surface area contributed by atoms with Crippen molar-refractivity contribution in [3.8, 4) is 0 Å². The molecule has 1 saturated heterocycles. The summed E-state index contributed by atoms with van der Waals surface area (Å²) < 4.78 is 5.22. The van der Waals surface area contributed by atoms with Crippen molar-refractivity contribution in [1.82, 2.24) is 0 Å². The van der Waals surface area contributed by atoms with Crippen LogP contribution in [0.5, 0.6) is 0 Å². The maximum absolute atomic E-state index is 11.9. The number of hydrogen-bond donors (Lipinski definition) is 1. The monoisotopic (exact) mass is 215 g/mol. The van der Waals surface area contributed by atoms with Gasteiger partial charge in [0.1, 0.15) is 7.85 Å². The van der Waals surface area contributed by atoms with Gasteiger partial charge < -0.3 is 10.1 Å². The van der Waals surface area contributed by atoms with Crippen LogP contribution in [0, 0.1) is 5.92 Å². The van der Waals surface area contributed by atoms with Crippen molar-refractivity contribution in [3.63, 3.8) is 0 Å². The second-order valence-electron chi connectivity index (χ2n) is 4.00. The molecule has 1 aliphatic rings. The summed E-state index contributed by atoms with van der Waals surface area (Å²) in [6.07, 6.45) is 1.61. The topological polar surface area (TPSA) is 38.3 Å². The smallest absolute Gasteiger partial charge is 0.227 e. The largest absolute Gasteiger partial charge is 0.381 e. The van der Waals surface area contributed by atoms with E-state index < -0.39 is 0 Å². The molecule has 1 fully saturated rings. The summed E-state index contributed by atoms with van der Waals surface area (Å²) in [6.45, 7) is 1.36. The Kier molecular flexibility index (Phi) is 3.62. The van der Waals surface area contributed by atoms with Gasteiger partial charge in [-0.25, -0.2) is 0 Å². The van der Waals surface area contributed by atoms with Gasteiger partial charge in [0.2, 0.25) is 5.91 Å². The first-order valence-corrected chi connectivity index (χ1v) is 5.50.